The van der Waals surface area contributed by atoms with Gasteiger partial charge in [0, 0.05) is 48.4 Å². The minimum Gasteiger partial charge on any atom is -0.339 e. The minimum atomic E-state index is -0.495. The number of benzene rings is 1. The predicted molar refractivity (Wildman–Crippen MR) is 134 cm³/mol. The Bertz CT molecular complexity index is 1190. The van der Waals surface area contributed by atoms with Gasteiger partial charge in [-0.05, 0) is 37.8 Å². The van der Waals surface area contributed by atoms with Crippen molar-refractivity contribution in [3.63, 3.8) is 0 Å². The summed E-state index contributed by atoms with van der Waals surface area (Å²) in [6.45, 7) is 9.93. The van der Waals surface area contributed by atoms with Gasteiger partial charge in [0.05, 0.1) is 5.83 Å². The van der Waals surface area contributed by atoms with Crippen LogP contribution in [0.1, 0.15) is 89.2 Å². The Morgan fingerprint density at radius 3 is 2.61 bits per heavy atom. The molecule has 0 N–H and O–H groups in total. The van der Waals surface area contributed by atoms with Crippen LogP contribution in [0.5, 0.6) is 0 Å². The van der Waals surface area contributed by atoms with E-state index < -0.39 is 5.83 Å². The Kier molecular flexibility index (Phi) is 7.96. The molecule has 2 aromatic heterocycles. The van der Waals surface area contributed by atoms with Crippen molar-refractivity contribution in [3.05, 3.63) is 54.3 Å². The number of hydrogen-bond acceptors (Lipinski definition) is 7. The summed E-state index contributed by atoms with van der Waals surface area (Å²) in [4.78, 5) is 23.7. The Labute approximate surface area is 211 Å². The molecule has 1 amide bonds. The third-order valence-corrected chi connectivity index (χ3v) is 6.11. The Hall–Kier alpha value is -3.36. The average molecular weight is 496 g/mol. The number of aryl methyl sites for hydroxylation is 1. The lowest BCUT2D eigenvalue weighted by atomic mass is 9.96. The van der Waals surface area contributed by atoms with Crippen molar-refractivity contribution >= 4 is 11.6 Å². The van der Waals surface area contributed by atoms with E-state index in [4.69, 9.17) is 9.05 Å². The Morgan fingerprint density at radius 1 is 1.11 bits per heavy atom. The van der Waals surface area contributed by atoms with E-state index in [0.717, 1.165) is 43.4 Å². The number of allylic oxidation sites excluding steroid dienone is 1. The van der Waals surface area contributed by atoms with Crippen LogP contribution in [-0.2, 0) is 16.6 Å². The van der Waals surface area contributed by atoms with Gasteiger partial charge in [-0.15, -0.1) is 0 Å². The van der Waals surface area contributed by atoms with E-state index in [0.29, 0.717) is 42.3 Å². The number of nitrogens with zero attached hydrogens (tertiary/aromatic N) is 5. The van der Waals surface area contributed by atoms with Crippen molar-refractivity contribution in [3.8, 4) is 11.4 Å². The van der Waals surface area contributed by atoms with Crippen LogP contribution in [0.15, 0.2) is 45.7 Å². The zero-order chi connectivity index (χ0) is 25.7. The van der Waals surface area contributed by atoms with Gasteiger partial charge in [-0.1, -0.05) is 56.2 Å². The van der Waals surface area contributed by atoms with Crippen molar-refractivity contribution in [2.75, 3.05) is 11.4 Å². The molecule has 4 rings (SSSR count). The van der Waals surface area contributed by atoms with Gasteiger partial charge in [-0.2, -0.15) is 9.97 Å². The fraction of sp³-hybridized carbons (Fsp3) is 0.519. The second kappa shape index (κ2) is 11.1. The first-order valence-corrected chi connectivity index (χ1v) is 12.6. The lowest BCUT2D eigenvalue weighted by Crippen LogP contribution is -2.31. The van der Waals surface area contributed by atoms with Crippen LogP contribution in [0.2, 0.25) is 0 Å². The van der Waals surface area contributed by atoms with Crippen LogP contribution in [0.3, 0.4) is 0 Å². The van der Waals surface area contributed by atoms with Crippen molar-refractivity contribution in [1.82, 2.24) is 20.3 Å². The molecule has 192 valence electrons. The van der Waals surface area contributed by atoms with E-state index in [-0.39, 0.29) is 24.2 Å². The van der Waals surface area contributed by atoms with Gasteiger partial charge in [-0.25, -0.2) is 4.39 Å². The number of carbonyl (C=O) groups excluding carboxylic acids is 1. The second-order valence-corrected chi connectivity index (χ2v) is 10.4. The quantitative estimate of drug-likeness (QED) is 0.272. The highest BCUT2D eigenvalue weighted by Crippen LogP contribution is 2.39. The molecule has 36 heavy (non-hydrogen) atoms. The summed E-state index contributed by atoms with van der Waals surface area (Å²) < 4.78 is 24.0. The van der Waals surface area contributed by atoms with Crippen LogP contribution >= 0.6 is 0 Å². The standard InChI is InChI=1S/C27H34FN5O3/c1-18(28)12-15-23(34)33(16-7-5-6-11-22-29-26(32-35-22)27(2,3)4)21-10-8-9-20(17-21)24-30-25(36-31-24)19-13-14-19/h8-10,17,19H,1,5-7,11-16H2,2-4H3. The molecular formula is C27H34FN5O3. The molecule has 0 spiro atoms. The topological polar surface area (TPSA) is 98.2 Å². The van der Waals surface area contributed by atoms with Gasteiger partial charge in [0.25, 0.3) is 0 Å². The van der Waals surface area contributed by atoms with Crippen molar-refractivity contribution in [2.24, 2.45) is 0 Å². The maximum atomic E-state index is 13.3. The summed E-state index contributed by atoms with van der Waals surface area (Å²) >= 11 is 0. The number of carbonyl (C=O) groups is 1. The third-order valence-electron chi connectivity index (χ3n) is 6.11. The van der Waals surface area contributed by atoms with Gasteiger partial charge >= 0.3 is 0 Å². The summed E-state index contributed by atoms with van der Waals surface area (Å²) in [6.07, 6.45) is 5.44. The molecule has 0 radical (unpaired) electrons. The fourth-order valence-electron chi connectivity index (χ4n) is 3.82. The minimum absolute atomic E-state index is 0.0118. The smallest absolute Gasteiger partial charge is 0.230 e. The molecule has 1 saturated carbocycles. The Balaban J connectivity index is 1.38. The SMILES string of the molecule is C=C(F)CCC(=O)N(CCCCCc1nc(C(C)(C)C)no1)c1cccc(-c2noc(C3CC3)n2)c1. The number of unbranched alkanes of at least 4 members (excludes halogenated alkanes) is 2. The van der Waals surface area contributed by atoms with E-state index in [9.17, 15) is 9.18 Å². The second-order valence-electron chi connectivity index (χ2n) is 10.4. The lowest BCUT2D eigenvalue weighted by Gasteiger charge is -2.23. The molecule has 3 aromatic rings. The maximum Gasteiger partial charge on any atom is 0.230 e. The van der Waals surface area contributed by atoms with Gasteiger partial charge in [0.2, 0.25) is 23.5 Å². The first-order valence-electron chi connectivity index (χ1n) is 12.6. The number of anilines is 1. The van der Waals surface area contributed by atoms with Crippen LogP contribution in [-0.4, -0.2) is 32.7 Å². The fourth-order valence-corrected chi connectivity index (χ4v) is 3.82. The van der Waals surface area contributed by atoms with Crippen LogP contribution in [0, 0.1) is 0 Å². The molecule has 1 aliphatic carbocycles. The van der Waals surface area contributed by atoms with E-state index in [2.05, 4.69) is 26.9 Å². The largest absolute Gasteiger partial charge is 0.339 e. The van der Waals surface area contributed by atoms with Crippen LogP contribution in [0.25, 0.3) is 11.4 Å². The summed E-state index contributed by atoms with van der Waals surface area (Å²) in [5, 5.41) is 8.18. The lowest BCUT2D eigenvalue weighted by molar-refractivity contribution is -0.118. The van der Waals surface area contributed by atoms with Crippen molar-refractivity contribution in [1.29, 1.82) is 0 Å². The first kappa shape index (κ1) is 25.7. The molecule has 0 bridgehead atoms. The van der Waals surface area contributed by atoms with E-state index in [1.807, 2.05) is 45.0 Å². The molecule has 9 heteroatoms. The average Bonchev–Trinajstić information content (AvgIpc) is 3.36. The number of rotatable bonds is 12. The van der Waals surface area contributed by atoms with Crippen LogP contribution < -0.4 is 4.90 Å². The van der Waals surface area contributed by atoms with E-state index >= 15 is 0 Å². The van der Waals surface area contributed by atoms with Gasteiger partial charge in [0.15, 0.2) is 5.82 Å². The molecule has 1 aliphatic rings. The molecule has 0 aliphatic heterocycles. The highest BCUT2D eigenvalue weighted by molar-refractivity contribution is 5.94. The van der Waals surface area contributed by atoms with Crippen LogP contribution in [0.4, 0.5) is 10.1 Å². The molecule has 1 aromatic carbocycles. The van der Waals surface area contributed by atoms with Gasteiger partial charge < -0.3 is 13.9 Å². The molecule has 8 nitrogen and oxygen atoms in total. The third kappa shape index (κ3) is 6.86. The highest BCUT2D eigenvalue weighted by atomic mass is 19.1. The summed E-state index contributed by atoms with van der Waals surface area (Å²) in [7, 11) is 0. The summed E-state index contributed by atoms with van der Waals surface area (Å²) in [5.74, 6) is 2.24. The molecular weight excluding hydrogens is 461 g/mol. The summed E-state index contributed by atoms with van der Waals surface area (Å²) in [5.41, 5.74) is 1.36. The maximum absolute atomic E-state index is 13.3. The number of halogens is 1. The van der Waals surface area contributed by atoms with E-state index in [1.54, 1.807) is 4.90 Å². The van der Waals surface area contributed by atoms with Crippen molar-refractivity contribution in [2.45, 2.75) is 83.5 Å². The highest BCUT2D eigenvalue weighted by Gasteiger charge is 2.30. The van der Waals surface area contributed by atoms with Crippen molar-refractivity contribution < 1.29 is 18.2 Å². The molecule has 0 atom stereocenters. The van der Waals surface area contributed by atoms with Gasteiger partial charge in [-0.3, -0.25) is 4.79 Å². The predicted octanol–water partition coefficient (Wildman–Crippen LogP) is 6.30. The van der Waals surface area contributed by atoms with E-state index in [1.165, 1.54) is 0 Å². The molecule has 1 fully saturated rings. The first-order chi connectivity index (χ1) is 17.2. The molecule has 0 unspecified atom stereocenters. The number of amides is 1. The Morgan fingerprint density at radius 2 is 1.92 bits per heavy atom. The zero-order valence-corrected chi connectivity index (χ0v) is 21.3. The number of hydrogen-bond donors (Lipinski definition) is 0. The van der Waals surface area contributed by atoms with Gasteiger partial charge in [0.1, 0.15) is 0 Å². The monoisotopic (exact) mass is 495 g/mol. The number of aromatic nitrogens is 4. The molecule has 2 heterocycles. The summed E-state index contributed by atoms with van der Waals surface area (Å²) in [6, 6.07) is 7.53. The molecule has 0 saturated heterocycles. The normalized spacial score (nSPS) is 13.7. The zero-order valence-electron chi connectivity index (χ0n) is 21.3.